The quantitative estimate of drug-likeness (QED) is 0.411. The number of ether oxygens (including phenoxy) is 1. The van der Waals surface area contributed by atoms with Crippen molar-refractivity contribution in [2.45, 2.75) is 13.2 Å². The van der Waals surface area contributed by atoms with Gasteiger partial charge in [0.1, 0.15) is 0 Å². The first-order valence-corrected chi connectivity index (χ1v) is 7.50. The van der Waals surface area contributed by atoms with Crippen LogP contribution in [0.1, 0.15) is 11.1 Å². The van der Waals surface area contributed by atoms with Crippen LogP contribution in [0.4, 0.5) is 11.4 Å². The molecule has 3 N–H and O–H groups in total. The monoisotopic (exact) mass is 440 g/mol. The lowest BCUT2D eigenvalue weighted by Gasteiger charge is -2.13. The van der Waals surface area contributed by atoms with Gasteiger partial charge in [0.15, 0.2) is 5.96 Å². The van der Waals surface area contributed by atoms with Gasteiger partial charge in [-0.3, -0.25) is 0 Å². The van der Waals surface area contributed by atoms with E-state index in [1.807, 2.05) is 50.5 Å². The number of nitrogens with one attached hydrogen (secondary N) is 1. The van der Waals surface area contributed by atoms with Crippen LogP contribution in [0, 0.1) is 0 Å². The van der Waals surface area contributed by atoms with Crippen molar-refractivity contribution >= 4 is 41.3 Å². The van der Waals surface area contributed by atoms with E-state index in [-0.39, 0.29) is 24.0 Å². The third-order valence-corrected chi connectivity index (χ3v) is 3.44. The minimum absolute atomic E-state index is 0. The topological polar surface area (TPSA) is 62.9 Å². The van der Waals surface area contributed by atoms with Crippen LogP contribution < -0.4 is 16.0 Å². The third-order valence-electron chi connectivity index (χ3n) is 3.44. The third kappa shape index (κ3) is 6.01. The van der Waals surface area contributed by atoms with E-state index in [1.165, 1.54) is 0 Å². The molecule has 2 rings (SSSR count). The first-order valence-electron chi connectivity index (χ1n) is 7.50. The highest BCUT2D eigenvalue weighted by atomic mass is 127. The molecule has 2 aromatic rings. The molecule has 0 aromatic heterocycles. The molecule has 0 bridgehead atoms. The molecule has 0 saturated heterocycles. The van der Waals surface area contributed by atoms with Crippen LogP contribution in [-0.4, -0.2) is 27.2 Å². The zero-order valence-electron chi connectivity index (χ0n) is 14.3. The van der Waals surface area contributed by atoms with Gasteiger partial charge in [0, 0.05) is 38.1 Å². The van der Waals surface area contributed by atoms with E-state index in [0.717, 1.165) is 22.5 Å². The van der Waals surface area contributed by atoms with Gasteiger partial charge in [-0.15, -0.1) is 24.0 Å². The maximum Gasteiger partial charge on any atom is 0.193 e. The molecule has 0 aliphatic carbocycles. The Balaban J connectivity index is 0.00000288. The summed E-state index contributed by atoms with van der Waals surface area (Å²) < 4.78 is 5.19. The molecular weight excluding hydrogens is 415 g/mol. The highest BCUT2D eigenvalue weighted by Gasteiger charge is 2.03. The lowest BCUT2D eigenvalue weighted by Crippen LogP contribution is -2.23. The number of nitrogens with zero attached hydrogens (tertiary/aromatic N) is 2. The summed E-state index contributed by atoms with van der Waals surface area (Å²) in [7, 11) is 5.71. The molecule has 0 radical (unpaired) electrons. The minimum Gasteiger partial charge on any atom is -0.380 e. The fourth-order valence-corrected chi connectivity index (χ4v) is 2.21. The van der Waals surface area contributed by atoms with Crippen molar-refractivity contribution in [3.05, 3.63) is 59.7 Å². The van der Waals surface area contributed by atoms with E-state index in [4.69, 9.17) is 10.5 Å². The fraction of sp³-hybridized carbons (Fsp3) is 0.278. The van der Waals surface area contributed by atoms with Gasteiger partial charge in [0.05, 0.1) is 13.2 Å². The van der Waals surface area contributed by atoms with Gasteiger partial charge >= 0.3 is 0 Å². The molecule has 6 heteroatoms. The van der Waals surface area contributed by atoms with E-state index < -0.39 is 0 Å². The van der Waals surface area contributed by atoms with Gasteiger partial charge in [0.25, 0.3) is 0 Å². The van der Waals surface area contributed by atoms with Gasteiger partial charge < -0.3 is 20.7 Å². The highest BCUT2D eigenvalue weighted by molar-refractivity contribution is 14.0. The lowest BCUT2D eigenvalue weighted by molar-refractivity contribution is 0.185. The van der Waals surface area contributed by atoms with Crippen molar-refractivity contribution in [1.29, 1.82) is 0 Å². The van der Waals surface area contributed by atoms with Crippen LogP contribution in [0.25, 0.3) is 0 Å². The van der Waals surface area contributed by atoms with Gasteiger partial charge in [-0.05, 0) is 23.8 Å². The zero-order valence-corrected chi connectivity index (χ0v) is 16.7. The molecule has 0 aliphatic rings. The number of benzene rings is 2. The minimum atomic E-state index is 0. The Morgan fingerprint density at radius 3 is 2.62 bits per heavy atom. The summed E-state index contributed by atoms with van der Waals surface area (Å²) in [6, 6.07) is 16.1. The molecule has 0 unspecified atom stereocenters. The van der Waals surface area contributed by atoms with Crippen LogP contribution in [0.2, 0.25) is 0 Å². The zero-order chi connectivity index (χ0) is 16.7. The Hall–Kier alpha value is -1.80. The highest BCUT2D eigenvalue weighted by Crippen LogP contribution is 2.16. The second-order valence-corrected chi connectivity index (χ2v) is 5.48. The van der Waals surface area contributed by atoms with Crippen molar-refractivity contribution < 1.29 is 4.74 Å². The molecule has 5 nitrogen and oxygen atoms in total. The number of nitrogens with two attached hydrogens (primary N) is 1. The predicted octanol–water partition coefficient (Wildman–Crippen LogP) is 3.44. The summed E-state index contributed by atoms with van der Waals surface area (Å²) >= 11 is 0. The van der Waals surface area contributed by atoms with Crippen LogP contribution in [0.5, 0.6) is 0 Å². The van der Waals surface area contributed by atoms with Gasteiger partial charge in [-0.1, -0.05) is 30.3 Å². The van der Waals surface area contributed by atoms with Crippen molar-refractivity contribution in [3.8, 4) is 0 Å². The Bertz CT molecular complexity index is 674. The number of hydrogen-bond donors (Lipinski definition) is 2. The van der Waals surface area contributed by atoms with Gasteiger partial charge in [-0.25, -0.2) is 4.99 Å². The standard InChI is InChI=1S/C18H24N4O.HI/c1-22(2)16-9-6-7-14(11-16)12-20-18(19)21-17-10-5-4-8-15(17)13-23-3;/h4-11H,12-13H2,1-3H3,(H3,19,20,21);1H. The average molecular weight is 440 g/mol. The molecule has 0 spiro atoms. The molecule has 0 heterocycles. The largest absolute Gasteiger partial charge is 0.380 e. The molecule has 0 amide bonds. The Morgan fingerprint density at radius 1 is 1.17 bits per heavy atom. The Kier molecular flexibility index (Phi) is 8.56. The second kappa shape index (κ2) is 10.1. The molecule has 2 aromatic carbocycles. The van der Waals surface area contributed by atoms with E-state index >= 15 is 0 Å². The summed E-state index contributed by atoms with van der Waals surface area (Å²) in [6.45, 7) is 1.06. The first-order chi connectivity index (χ1) is 11.1. The number of anilines is 2. The normalized spacial score (nSPS) is 10.9. The molecule has 130 valence electrons. The number of aliphatic imine (C=N–C) groups is 1. The van der Waals surface area contributed by atoms with Crippen LogP contribution in [-0.2, 0) is 17.9 Å². The second-order valence-electron chi connectivity index (χ2n) is 5.48. The number of methoxy groups -OCH3 is 1. The predicted molar refractivity (Wildman–Crippen MR) is 112 cm³/mol. The number of rotatable bonds is 6. The SMILES string of the molecule is COCc1ccccc1NC(N)=NCc1cccc(N(C)C)c1.I. The maximum atomic E-state index is 6.00. The molecule has 0 saturated carbocycles. The van der Waals surface area contributed by atoms with Crippen molar-refractivity contribution in [1.82, 2.24) is 0 Å². The van der Waals surface area contributed by atoms with E-state index in [2.05, 4.69) is 27.3 Å². The van der Waals surface area contributed by atoms with Crippen molar-refractivity contribution in [2.75, 3.05) is 31.4 Å². The fourth-order valence-electron chi connectivity index (χ4n) is 2.21. The summed E-state index contributed by atoms with van der Waals surface area (Å²) in [6.07, 6.45) is 0. The summed E-state index contributed by atoms with van der Waals surface area (Å²) in [5.41, 5.74) is 10.2. The Morgan fingerprint density at radius 2 is 1.92 bits per heavy atom. The van der Waals surface area contributed by atoms with E-state index in [1.54, 1.807) is 7.11 Å². The molecule has 0 fully saturated rings. The van der Waals surface area contributed by atoms with Crippen LogP contribution in [0.15, 0.2) is 53.5 Å². The first kappa shape index (κ1) is 20.2. The number of hydrogen-bond acceptors (Lipinski definition) is 3. The summed E-state index contributed by atoms with van der Waals surface area (Å²) in [4.78, 5) is 6.48. The van der Waals surface area contributed by atoms with Gasteiger partial charge in [-0.2, -0.15) is 0 Å². The van der Waals surface area contributed by atoms with Crippen molar-refractivity contribution in [2.24, 2.45) is 10.7 Å². The maximum absolute atomic E-state index is 6.00. The summed E-state index contributed by atoms with van der Waals surface area (Å²) in [5, 5.41) is 3.14. The average Bonchev–Trinajstić information content (AvgIpc) is 2.55. The summed E-state index contributed by atoms with van der Waals surface area (Å²) in [5.74, 6) is 0.392. The molecule has 24 heavy (non-hydrogen) atoms. The van der Waals surface area contributed by atoms with Crippen LogP contribution in [0.3, 0.4) is 0 Å². The van der Waals surface area contributed by atoms with Crippen molar-refractivity contribution in [3.63, 3.8) is 0 Å². The molecule has 0 atom stereocenters. The van der Waals surface area contributed by atoms with Gasteiger partial charge in [0.2, 0.25) is 0 Å². The lowest BCUT2D eigenvalue weighted by atomic mass is 10.2. The number of guanidine groups is 1. The smallest absolute Gasteiger partial charge is 0.193 e. The van der Waals surface area contributed by atoms with E-state index in [9.17, 15) is 0 Å². The molecule has 0 aliphatic heterocycles. The number of halogens is 1. The Labute approximate surface area is 160 Å². The molecular formula is C18H25IN4O. The van der Waals surface area contributed by atoms with E-state index in [0.29, 0.717) is 19.1 Å². The number of para-hydroxylation sites is 1. The van der Waals surface area contributed by atoms with Crippen LogP contribution >= 0.6 is 24.0 Å².